The van der Waals surface area contributed by atoms with Crippen LogP contribution in [-0.2, 0) is 4.79 Å². The number of nitrogens with zero attached hydrogens (tertiary/aromatic N) is 3. The summed E-state index contributed by atoms with van der Waals surface area (Å²) >= 11 is 3.30. The topological polar surface area (TPSA) is 98.1 Å². The van der Waals surface area contributed by atoms with Gasteiger partial charge in [-0.3, -0.25) is 20.4 Å². The molecular weight excluding hydrogens is 433 g/mol. The molecule has 3 aromatic rings. The fourth-order valence-corrected chi connectivity index (χ4v) is 2.53. The number of carbonyl (C=O) groups is 2. The van der Waals surface area contributed by atoms with Crippen LogP contribution in [0.3, 0.4) is 0 Å². The van der Waals surface area contributed by atoms with Gasteiger partial charge in [0.15, 0.2) is 12.3 Å². The summed E-state index contributed by atoms with van der Waals surface area (Å²) in [5, 5.41) is 7.70. The molecular formula is C18H15BrFN5O3. The third-order valence-corrected chi connectivity index (χ3v) is 4.21. The normalized spacial score (nSPS) is 10.4. The lowest BCUT2D eigenvalue weighted by molar-refractivity contribution is -0.123. The van der Waals surface area contributed by atoms with E-state index in [0.717, 1.165) is 4.47 Å². The molecule has 1 aromatic heterocycles. The van der Waals surface area contributed by atoms with Gasteiger partial charge in [-0.2, -0.15) is 0 Å². The van der Waals surface area contributed by atoms with Crippen molar-refractivity contribution in [1.29, 1.82) is 0 Å². The average Bonchev–Trinajstić information content (AvgIpc) is 3.08. The molecule has 144 valence electrons. The Morgan fingerprint density at radius 3 is 2.46 bits per heavy atom. The Bertz CT molecular complexity index is 989. The van der Waals surface area contributed by atoms with Crippen LogP contribution in [0.1, 0.15) is 16.2 Å². The van der Waals surface area contributed by atoms with E-state index in [-0.39, 0.29) is 18.1 Å². The van der Waals surface area contributed by atoms with Gasteiger partial charge in [0.05, 0.1) is 11.4 Å². The molecule has 28 heavy (non-hydrogen) atoms. The smallest absolute Gasteiger partial charge is 0.292 e. The molecule has 0 saturated heterocycles. The van der Waals surface area contributed by atoms with Gasteiger partial charge in [-0.05, 0) is 55.5 Å². The minimum atomic E-state index is -0.636. The molecule has 10 heteroatoms. The Kier molecular flexibility index (Phi) is 5.99. The molecule has 1 heterocycles. The molecule has 2 N–H and O–H groups in total. The summed E-state index contributed by atoms with van der Waals surface area (Å²) in [5.74, 6) is -1.04. The van der Waals surface area contributed by atoms with Gasteiger partial charge in [-0.15, -0.1) is 5.10 Å². The highest BCUT2D eigenvalue weighted by Gasteiger charge is 2.18. The molecule has 0 spiro atoms. The number of nitrogens with one attached hydrogen (secondary N) is 2. The quantitative estimate of drug-likeness (QED) is 0.584. The molecule has 3 rings (SSSR count). The van der Waals surface area contributed by atoms with Gasteiger partial charge < -0.3 is 4.74 Å². The highest BCUT2D eigenvalue weighted by atomic mass is 79.9. The van der Waals surface area contributed by atoms with Crippen molar-refractivity contribution in [2.24, 2.45) is 0 Å². The van der Waals surface area contributed by atoms with Crippen molar-refractivity contribution in [2.45, 2.75) is 6.92 Å². The number of hydrazine groups is 1. The molecule has 0 bridgehead atoms. The number of amides is 2. The number of carbonyl (C=O) groups excluding carboxylic acids is 2. The van der Waals surface area contributed by atoms with Crippen LogP contribution in [0.4, 0.5) is 4.39 Å². The molecule has 0 unspecified atom stereocenters. The van der Waals surface area contributed by atoms with E-state index in [9.17, 15) is 14.0 Å². The van der Waals surface area contributed by atoms with Gasteiger partial charge in [0.2, 0.25) is 0 Å². The predicted octanol–water partition coefficient (Wildman–Crippen LogP) is 2.32. The van der Waals surface area contributed by atoms with Crippen LogP contribution in [0.5, 0.6) is 5.75 Å². The molecule has 0 fully saturated rings. The summed E-state index contributed by atoms with van der Waals surface area (Å²) in [6.07, 6.45) is 0. The minimum absolute atomic E-state index is 0.0263. The standard InChI is InChI=1S/C18H15BrFN5O3/c1-11-17(22-24-25(11)14-6-4-13(20)5-7-14)18(27)23-21-16(26)10-28-15-8-2-12(19)3-9-15/h2-9H,10H2,1H3,(H,21,26)(H,23,27). The van der Waals surface area contributed by atoms with Crippen LogP contribution in [0, 0.1) is 12.7 Å². The summed E-state index contributed by atoms with van der Waals surface area (Å²) in [6.45, 7) is 1.36. The van der Waals surface area contributed by atoms with Crippen molar-refractivity contribution in [3.05, 3.63) is 70.2 Å². The lowest BCUT2D eigenvalue weighted by Gasteiger charge is -2.08. The average molecular weight is 448 g/mol. The number of ether oxygens (including phenoxy) is 1. The second-order valence-corrected chi connectivity index (χ2v) is 6.57. The maximum absolute atomic E-state index is 13.0. The van der Waals surface area contributed by atoms with Gasteiger partial charge in [0.25, 0.3) is 11.8 Å². The fourth-order valence-electron chi connectivity index (χ4n) is 2.27. The van der Waals surface area contributed by atoms with Crippen LogP contribution in [0.2, 0.25) is 0 Å². The van der Waals surface area contributed by atoms with Crippen molar-refractivity contribution in [1.82, 2.24) is 25.8 Å². The molecule has 2 amide bonds. The molecule has 0 saturated carbocycles. The van der Waals surface area contributed by atoms with Crippen molar-refractivity contribution in [3.63, 3.8) is 0 Å². The molecule has 8 nitrogen and oxygen atoms in total. The van der Waals surface area contributed by atoms with Crippen LogP contribution in [0.15, 0.2) is 53.0 Å². The van der Waals surface area contributed by atoms with Crippen molar-refractivity contribution in [3.8, 4) is 11.4 Å². The van der Waals surface area contributed by atoms with Crippen molar-refractivity contribution >= 4 is 27.7 Å². The van der Waals surface area contributed by atoms with E-state index in [1.807, 2.05) is 0 Å². The highest BCUT2D eigenvalue weighted by Crippen LogP contribution is 2.16. The highest BCUT2D eigenvalue weighted by molar-refractivity contribution is 9.10. The van der Waals surface area contributed by atoms with Crippen LogP contribution >= 0.6 is 15.9 Å². The molecule has 2 aromatic carbocycles. The van der Waals surface area contributed by atoms with E-state index in [4.69, 9.17) is 4.74 Å². The summed E-state index contributed by atoms with van der Waals surface area (Å²) in [7, 11) is 0. The Hall–Kier alpha value is -3.27. The number of rotatable bonds is 5. The maximum atomic E-state index is 13.0. The van der Waals surface area contributed by atoms with Gasteiger partial charge in [-0.1, -0.05) is 21.1 Å². The summed E-state index contributed by atoms with van der Waals surface area (Å²) < 4.78 is 20.6. The number of aromatic nitrogens is 3. The third-order valence-electron chi connectivity index (χ3n) is 3.68. The summed E-state index contributed by atoms with van der Waals surface area (Å²) in [5.41, 5.74) is 5.52. The van der Waals surface area contributed by atoms with E-state index < -0.39 is 11.8 Å². The van der Waals surface area contributed by atoms with E-state index in [1.165, 1.54) is 28.9 Å². The zero-order chi connectivity index (χ0) is 20.1. The Morgan fingerprint density at radius 1 is 1.11 bits per heavy atom. The largest absolute Gasteiger partial charge is 0.484 e. The second-order valence-electron chi connectivity index (χ2n) is 5.66. The fraction of sp³-hybridized carbons (Fsp3) is 0.111. The molecule has 0 radical (unpaired) electrons. The van der Waals surface area contributed by atoms with E-state index in [2.05, 4.69) is 37.1 Å². The first-order chi connectivity index (χ1) is 13.4. The minimum Gasteiger partial charge on any atom is -0.484 e. The van der Waals surface area contributed by atoms with Crippen molar-refractivity contribution < 1.29 is 18.7 Å². The number of benzene rings is 2. The van der Waals surface area contributed by atoms with Gasteiger partial charge >= 0.3 is 0 Å². The zero-order valence-corrected chi connectivity index (χ0v) is 16.2. The lowest BCUT2D eigenvalue weighted by atomic mass is 10.3. The van der Waals surface area contributed by atoms with Crippen LogP contribution in [-0.4, -0.2) is 33.4 Å². The van der Waals surface area contributed by atoms with Crippen LogP contribution < -0.4 is 15.6 Å². The van der Waals surface area contributed by atoms with Gasteiger partial charge in [0, 0.05) is 4.47 Å². The summed E-state index contributed by atoms with van der Waals surface area (Å²) in [6, 6.07) is 12.5. The maximum Gasteiger partial charge on any atom is 0.292 e. The monoisotopic (exact) mass is 447 g/mol. The number of halogens is 2. The Morgan fingerprint density at radius 2 is 1.79 bits per heavy atom. The Labute approximate surface area is 167 Å². The molecule has 0 aliphatic rings. The number of hydrogen-bond donors (Lipinski definition) is 2. The first-order valence-corrected chi connectivity index (χ1v) is 8.89. The van der Waals surface area contributed by atoms with Gasteiger partial charge in [0.1, 0.15) is 11.6 Å². The Balaban J connectivity index is 1.55. The zero-order valence-electron chi connectivity index (χ0n) is 14.6. The van der Waals surface area contributed by atoms with E-state index >= 15 is 0 Å². The first kappa shape index (κ1) is 19.5. The van der Waals surface area contributed by atoms with Crippen LogP contribution in [0.25, 0.3) is 5.69 Å². The van der Waals surface area contributed by atoms with E-state index in [0.29, 0.717) is 17.1 Å². The van der Waals surface area contributed by atoms with E-state index in [1.54, 1.807) is 31.2 Å². The number of hydrogen-bond acceptors (Lipinski definition) is 5. The van der Waals surface area contributed by atoms with Gasteiger partial charge in [-0.25, -0.2) is 9.07 Å². The molecule has 0 aliphatic heterocycles. The molecule has 0 atom stereocenters. The van der Waals surface area contributed by atoms with Crippen molar-refractivity contribution in [2.75, 3.05) is 6.61 Å². The third kappa shape index (κ3) is 4.71. The predicted molar refractivity (Wildman–Crippen MR) is 101 cm³/mol. The first-order valence-electron chi connectivity index (χ1n) is 8.10. The second kappa shape index (κ2) is 8.61. The molecule has 0 aliphatic carbocycles. The lowest BCUT2D eigenvalue weighted by Crippen LogP contribution is -2.44. The summed E-state index contributed by atoms with van der Waals surface area (Å²) in [4.78, 5) is 24.1. The SMILES string of the molecule is Cc1c(C(=O)NNC(=O)COc2ccc(Br)cc2)nnn1-c1ccc(F)cc1.